The van der Waals surface area contributed by atoms with E-state index in [4.69, 9.17) is 5.11 Å². The number of hydrogen-bond donors (Lipinski definition) is 1. The number of aliphatic hydroxyl groups excluding tert-OH is 1. The first kappa shape index (κ1) is 14.0. The van der Waals surface area contributed by atoms with Gasteiger partial charge >= 0.3 is 0 Å². The molecule has 0 aliphatic carbocycles. The summed E-state index contributed by atoms with van der Waals surface area (Å²) in [4.78, 5) is 20.1. The molecule has 1 aliphatic heterocycles. The van der Waals surface area contributed by atoms with E-state index < -0.39 is 6.61 Å². The van der Waals surface area contributed by atoms with Gasteiger partial charge in [0.05, 0.1) is 11.2 Å². The Balaban J connectivity index is 1.63. The second kappa shape index (κ2) is 6.20. The number of aromatic nitrogens is 1. The number of para-hydroxylation sites is 1. The lowest BCUT2D eigenvalue weighted by atomic mass is 10.2. The van der Waals surface area contributed by atoms with Crippen molar-refractivity contribution in [3.8, 4) is 0 Å². The van der Waals surface area contributed by atoms with Crippen LogP contribution in [0.4, 0.5) is 0 Å². The summed E-state index contributed by atoms with van der Waals surface area (Å²) in [6, 6.07) is 12.3. The van der Waals surface area contributed by atoms with Crippen LogP contribution in [0.2, 0.25) is 0 Å². The topological polar surface area (TPSA) is 56.7 Å². The summed E-state index contributed by atoms with van der Waals surface area (Å²) in [6.07, 6.45) is 0. The fraction of sp³-hybridized carbons (Fsp3) is 0.375. The second-order valence-electron chi connectivity index (χ2n) is 5.31. The maximum absolute atomic E-state index is 11.4. The highest BCUT2D eigenvalue weighted by Gasteiger charge is 2.20. The number of pyridine rings is 1. The molecule has 0 unspecified atom stereocenters. The van der Waals surface area contributed by atoms with Crippen LogP contribution in [-0.4, -0.2) is 58.6 Å². The summed E-state index contributed by atoms with van der Waals surface area (Å²) in [7, 11) is 0. The number of hydrogen-bond acceptors (Lipinski definition) is 4. The van der Waals surface area contributed by atoms with Crippen molar-refractivity contribution in [2.45, 2.75) is 6.54 Å². The maximum Gasteiger partial charge on any atom is 0.248 e. The first-order valence-electron chi connectivity index (χ1n) is 7.22. The monoisotopic (exact) mass is 285 g/mol. The van der Waals surface area contributed by atoms with Gasteiger partial charge in [0.1, 0.15) is 6.61 Å². The molecule has 1 aliphatic rings. The third kappa shape index (κ3) is 3.20. The van der Waals surface area contributed by atoms with Crippen molar-refractivity contribution in [3.05, 3.63) is 42.1 Å². The summed E-state index contributed by atoms with van der Waals surface area (Å²) >= 11 is 0. The number of amides is 1. The van der Waals surface area contributed by atoms with Crippen LogP contribution in [0.1, 0.15) is 5.69 Å². The number of nitrogens with zero attached hydrogens (tertiary/aromatic N) is 3. The minimum absolute atomic E-state index is 0.182. The molecular formula is C16H19N3O2. The molecule has 0 spiro atoms. The molecule has 2 aromatic rings. The number of carbonyl (C=O) groups is 1. The van der Waals surface area contributed by atoms with Crippen molar-refractivity contribution in [2.24, 2.45) is 0 Å². The lowest BCUT2D eigenvalue weighted by molar-refractivity contribution is -0.136. The fourth-order valence-electron chi connectivity index (χ4n) is 2.68. The standard InChI is InChI=1S/C16H19N3O2/c20-12-16(21)19-9-7-18(8-10-19)11-14-6-5-13-3-1-2-4-15(13)17-14/h1-6,20H,7-12H2. The molecule has 1 saturated heterocycles. The van der Waals surface area contributed by atoms with Gasteiger partial charge in [0.25, 0.3) is 0 Å². The van der Waals surface area contributed by atoms with Crippen molar-refractivity contribution in [2.75, 3.05) is 32.8 Å². The van der Waals surface area contributed by atoms with Crippen molar-refractivity contribution in [3.63, 3.8) is 0 Å². The molecule has 0 saturated carbocycles. The van der Waals surface area contributed by atoms with E-state index in [2.05, 4.69) is 28.1 Å². The molecule has 0 atom stereocenters. The zero-order valence-electron chi connectivity index (χ0n) is 11.9. The quantitative estimate of drug-likeness (QED) is 0.909. The summed E-state index contributed by atoms with van der Waals surface area (Å²) in [5.74, 6) is -0.182. The molecule has 1 aromatic heterocycles. The van der Waals surface area contributed by atoms with Gasteiger partial charge in [-0.05, 0) is 12.1 Å². The highest BCUT2D eigenvalue weighted by atomic mass is 16.3. The SMILES string of the molecule is O=C(CO)N1CCN(Cc2ccc3ccccc3n2)CC1. The van der Waals surface area contributed by atoms with E-state index in [0.717, 1.165) is 36.2 Å². The molecule has 1 aromatic carbocycles. The molecule has 5 heteroatoms. The van der Waals surface area contributed by atoms with Gasteiger partial charge in [-0.25, -0.2) is 0 Å². The molecule has 0 radical (unpaired) electrons. The number of aliphatic hydroxyl groups is 1. The van der Waals surface area contributed by atoms with Gasteiger partial charge < -0.3 is 10.0 Å². The van der Waals surface area contributed by atoms with E-state index in [1.807, 2.05) is 18.2 Å². The Morgan fingerprint density at radius 3 is 2.62 bits per heavy atom. The van der Waals surface area contributed by atoms with E-state index in [9.17, 15) is 4.79 Å². The highest BCUT2D eigenvalue weighted by Crippen LogP contribution is 2.14. The van der Waals surface area contributed by atoms with Gasteiger partial charge in [-0.2, -0.15) is 0 Å². The van der Waals surface area contributed by atoms with Gasteiger partial charge in [0, 0.05) is 38.1 Å². The van der Waals surface area contributed by atoms with Gasteiger partial charge in [0.15, 0.2) is 0 Å². The second-order valence-corrected chi connectivity index (χ2v) is 5.31. The lowest BCUT2D eigenvalue weighted by Gasteiger charge is -2.34. The molecule has 1 N–H and O–H groups in total. The Kier molecular flexibility index (Phi) is 4.13. The lowest BCUT2D eigenvalue weighted by Crippen LogP contribution is -2.49. The van der Waals surface area contributed by atoms with E-state index in [1.54, 1.807) is 4.90 Å². The number of rotatable bonds is 3. The Hall–Kier alpha value is -1.98. The molecule has 3 rings (SSSR count). The first-order valence-corrected chi connectivity index (χ1v) is 7.22. The van der Waals surface area contributed by atoms with E-state index in [1.165, 1.54) is 0 Å². The zero-order chi connectivity index (χ0) is 14.7. The highest BCUT2D eigenvalue weighted by molar-refractivity contribution is 5.78. The van der Waals surface area contributed by atoms with Crippen LogP contribution in [0.25, 0.3) is 10.9 Å². The van der Waals surface area contributed by atoms with Gasteiger partial charge in [0.2, 0.25) is 5.91 Å². The Labute approximate surface area is 123 Å². The van der Waals surface area contributed by atoms with Crippen LogP contribution in [0.3, 0.4) is 0 Å². The summed E-state index contributed by atoms with van der Waals surface area (Å²) in [5, 5.41) is 10.0. The van der Waals surface area contributed by atoms with Crippen molar-refractivity contribution in [1.29, 1.82) is 0 Å². The molecule has 21 heavy (non-hydrogen) atoms. The predicted molar refractivity (Wildman–Crippen MR) is 80.7 cm³/mol. The molecule has 0 bridgehead atoms. The van der Waals surface area contributed by atoms with Crippen LogP contribution >= 0.6 is 0 Å². The molecule has 1 fully saturated rings. The van der Waals surface area contributed by atoms with E-state index in [-0.39, 0.29) is 5.91 Å². The van der Waals surface area contributed by atoms with Gasteiger partial charge in [-0.1, -0.05) is 24.3 Å². The smallest absolute Gasteiger partial charge is 0.248 e. The number of piperazine rings is 1. The summed E-state index contributed by atoms with van der Waals surface area (Å²) in [5.41, 5.74) is 2.07. The number of benzene rings is 1. The van der Waals surface area contributed by atoms with Crippen LogP contribution in [-0.2, 0) is 11.3 Å². The Morgan fingerprint density at radius 1 is 1.10 bits per heavy atom. The fourth-order valence-corrected chi connectivity index (χ4v) is 2.68. The van der Waals surface area contributed by atoms with Crippen LogP contribution in [0.15, 0.2) is 36.4 Å². The minimum atomic E-state index is -0.397. The number of fused-ring (bicyclic) bond motifs is 1. The molecule has 110 valence electrons. The van der Waals surface area contributed by atoms with Crippen molar-refractivity contribution < 1.29 is 9.90 Å². The Bertz CT molecular complexity index is 636. The number of carbonyl (C=O) groups excluding carboxylic acids is 1. The van der Waals surface area contributed by atoms with Crippen molar-refractivity contribution >= 4 is 16.8 Å². The predicted octanol–water partition coefficient (Wildman–Crippen LogP) is 0.871. The zero-order valence-corrected chi connectivity index (χ0v) is 11.9. The third-order valence-corrected chi connectivity index (χ3v) is 3.90. The first-order chi connectivity index (χ1) is 10.3. The Morgan fingerprint density at radius 2 is 1.86 bits per heavy atom. The van der Waals surface area contributed by atoms with Crippen LogP contribution < -0.4 is 0 Å². The van der Waals surface area contributed by atoms with Crippen LogP contribution in [0.5, 0.6) is 0 Å². The van der Waals surface area contributed by atoms with Gasteiger partial charge in [-0.15, -0.1) is 0 Å². The van der Waals surface area contributed by atoms with Gasteiger partial charge in [-0.3, -0.25) is 14.7 Å². The average molecular weight is 285 g/mol. The van der Waals surface area contributed by atoms with E-state index in [0.29, 0.717) is 13.1 Å². The van der Waals surface area contributed by atoms with Crippen molar-refractivity contribution in [1.82, 2.24) is 14.8 Å². The minimum Gasteiger partial charge on any atom is -0.387 e. The van der Waals surface area contributed by atoms with E-state index >= 15 is 0 Å². The summed E-state index contributed by atoms with van der Waals surface area (Å²) < 4.78 is 0. The largest absolute Gasteiger partial charge is 0.387 e. The van der Waals surface area contributed by atoms with Crippen LogP contribution in [0, 0.1) is 0 Å². The molecule has 5 nitrogen and oxygen atoms in total. The average Bonchev–Trinajstić information content (AvgIpc) is 2.55. The third-order valence-electron chi connectivity index (χ3n) is 3.90. The summed E-state index contributed by atoms with van der Waals surface area (Å²) in [6.45, 7) is 3.39. The normalized spacial score (nSPS) is 16.3. The molecular weight excluding hydrogens is 266 g/mol. The molecule has 2 heterocycles. The maximum atomic E-state index is 11.4. The molecule has 1 amide bonds.